The Kier molecular flexibility index (Phi) is 3.56. The van der Waals surface area contributed by atoms with E-state index in [9.17, 15) is 4.79 Å². The molecule has 0 amide bonds. The van der Waals surface area contributed by atoms with Crippen LogP contribution < -0.4 is 0 Å². The summed E-state index contributed by atoms with van der Waals surface area (Å²) in [5, 5.41) is 0. The molecule has 0 fully saturated rings. The van der Waals surface area contributed by atoms with Gasteiger partial charge in [-0.25, -0.2) is 0 Å². The van der Waals surface area contributed by atoms with Crippen molar-refractivity contribution < 1.29 is 4.79 Å². The summed E-state index contributed by atoms with van der Waals surface area (Å²) in [5.41, 5.74) is 1.16. The van der Waals surface area contributed by atoms with Crippen LogP contribution >= 0.6 is 27.3 Å². The van der Waals surface area contributed by atoms with Gasteiger partial charge in [-0.3, -0.25) is 4.79 Å². The predicted molar refractivity (Wildman–Crippen MR) is 72.1 cm³/mol. The van der Waals surface area contributed by atoms with Crippen LogP contribution in [0.2, 0.25) is 0 Å². The zero-order valence-corrected chi connectivity index (χ0v) is 11.3. The molecule has 0 bridgehead atoms. The van der Waals surface area contributed by atoms with Gasteiger partial charge in [-0.05, 0) is 29.8 Å². The number of benzene rings is 1. The van der Waals surface area contributed by atoms with Gasteiger partial charge in [0.25, 0.3) is 0 Å². The molecule has 0 N–H and O–H groups in total. The van der Waals surface area contributed by atoms with Crippen molar-refractivity contribution in [2.45, 2.75) is 13.3 Å². The highest BCUT2D eigenvalue weighted by molar-refractivity contribution is 9.10. The molecule has 0 radical (unpaired) electrons. The lowest BCUT2D eigenvalue weighted by Crippen LogP contribution is -1.90. The molecule has 1 heterocycles. The molecule has 1 aromatic heterocycles. The maximum atomic E-state index is 11.5. The minimum absolute atomic E-state index is 0.216. The van der Waals surface area contributed by atoms with Crippen molar-refractivity contribution in [2.24, 2.45) is 0 Å². The summed E-state index contributed by atoms with van der Waals surface area (Å²) < 4.78 is 1.07. The van der Waals surface area contributed by atoms with Gasteiger partial charge in [-0.2, -0.15) is 0 Å². The summed E-state index contributed by atoms with van der Waals surface area (Å²) in [6, 6.07) is 12.0. The van der Waals surface area contributed by atoms with E-state index in [0.717, 1.165) is 19.8 Å². The minimum atomic E-state index is 0.216. The van der Waals surface area contributed by atoms with Crippen molar-refractivity contribution in [2.75, 3.05) is 0 Å². The van der Waals surface area contributed by atoms with Crippen molar-refractivity contribution >= 4 is 33.0 Å². The molecule has 1 aromatic carbocycles. The molecule has 0 saturated heterocycles. The molecule has 0 aliphatic heterocycles. The van der Waals surface area contributed by atoms with Crippen LogP contribution in [0.15, 0.2) is 40.9 Å². The van der Waals surface area contributed by atoms with E-state index in [-0.39, 0.29) is 5.78 Å². The second-order valence-electron chi connectivity index (χ2n) is 3.45. The highest BCUT2D eigenvalue weighted by Gasteiger charge is 2.07. The molecule has 3 heteroatoms. The molecule has 0 aliphatic carbocycles. The van der Waals surface area contributed by atoms with Crippen LogP contribution in [0.25, 0.3) is 10.4 Å². The summed E-state index contributed by atoms with van der Waals surface area (Å²) in [5.74, 6) is 0.216. The molecule has 0 atom stereocenters. The summed E-state index contributed by atoms with van der Waals surface area (Å²) >= 11 is 4.97. The standard InChI is InChI=1S/C13H11BrOS/c1-2-11(15)13-8-7-12(16-13)9-3-5-10(14)6-4-9/h3-8H,2H2,1H3. The van der Waals surface area contributed by atoms with Gasteiger partial charge in [0, 0.05) is 15.8 Å². The van der Waals surface area contributed by atoms with Crippen molar-refractivity contribution in [3.8, 4) is 10.4 Å². The van der Waals surface area contributed by atoms with Gasteiger partial charge in [-0.15, -0.1) is 11.3 Å². The molecule has 82 valence electrons. The number of hydrogen-bond acceptors (Lipinski definition) is 2. The Hall–Kier alpha value is -0.930. The lowest BCUT2D eigenvalue weighted by Gasteiger charge is -1.96. The number of halogens is 1. The number of rotatable bonds is 3. The minimum Gasteiger partial charge on any atom is -0.293 e. The molecule has 0 aliphatic rings. The Morgan fingerprint density at radius 1 is 1.19 bits per heavy atom. The lowest BCUT2D eigenvalue weighted by atomic mass is 10.2. The van der Waals surface area contributed by atoms with Crippen LogP contribution in [-0.4, -0.2) is 5.78 Å². The monoisotopic (exact) mass is 294 g/mol. The predicted octanol–water partition coefficient (Wildman–Crippen LogP) is 4.77. The third-order valence-electron chi connectivity index (χ3n) is 2.33. The average Bonchev–Trinajstić information content (AvgIpc) is 2.78. The van der Waals surface area contributed by atoms with E-state index in [2.05, 4.69) is 28.1 Å². The number of thiophene rings is 1. The second kappa shape index (κ2) is 4.93. The first-order valence-corrected chi connectivity index (χ1v) is 6.70. The van der Waals surface area contributed by atoms with Gasteiger partial charge in [0.1, 0.15) is 0 Å². The molecule has 0 saturated carbocycles. The van der Waals surface area contributed by atoms with Gasteiger partial charge >= 0.3 is 0 Å². The average molecular weight is 295 g/mol. The molecule has 1 nitrogen and oxygen atoms in total. The first-order chi connectivity index (χ1) is 7.70. The fourth-order valence-electron chi connectivity index (χ4n) is 1.43. The molecule has 2 rings (SSSR count). The van der Waals surface area contributed by atoms with E-state index < -0.39 is 0 Å². The number of Topliss-reactive ketones (excluding diaryl/α,β-unsaturated/α-hetero) is 1. The zero-order chi connectivity index (χ0) is 11.5. The van der Waals surface area contributed by atoms with Crippen LogP contribution in [0.3, 0.4) is 0 Å². The van der Waals surface area contributed by atoms with Gasteiger partial charge in [0.2, 0.25) is 0 Å². The van der Waals surface area contributed by atoms with Crippen LogP contribution in [-0.2, 0) is 0 Å². The highest BCUT2D eigenvalue weighted by atomic mass is 79.9. The number of carbonyl (C=O) groups is 1. The van der Waals surface area contributed by atoms with Gasteiger partial charge in [-0.1, -0.05) is 35.0 Å². The highest BCUT2D eigenvalue weighted by Crippen LogP contribution is 2.29. The number of ketones is 1. The molecule has 2 aromatic rings. The lowest BCUT2D eigenvalue weighted by molar-refractivity contribution is 0.0992. The third kappa shape index (κ3) is 2.42. The SMILES string of the molecule is CCC(=O)c1ccc(-c2ccc(Br)cc2)s1. The van der Waals surface area contributed by atoms with Gasteiger partial charge < -0.3 is 0 Å². The fourth-order valence-corrected chi connectivity index (χ4v) is 2.72. The van der Waals surface area contributed by atoms with Crippen molar-refractivity contribution in [3.05, 3.63) is 45.7 Å². The summed E-state index contributed by atoms with van der Waals surface area (Å²) in [6.45, 7) is 1.89. The maximum absolute atomic E-state index is 11.5. The summed E-state index contributed by atoms with van der Waals surface area (Å²) in [4.78, 5) is 13.5. The largest absolute Gasteiger partial charge is 0.293 e. The smallest absolute Gasteiger partial charge is 0.172 e. The Bertz CT molecular complexity index is 499. The van der Waals surface area contributed by atoms with E-state index >= 15 is 0 Å². The molecule has 0 spiro atoms. The number of hydrogen-bond donors (Lipinski definition) is 0. The first kappa shape index (κ1) is 11.6. The quantitative estimate of drug-likeness (QED) is 0.745. The van der Waals surface area contributed by atoms with Gasteiger partial charge in [0.15, 0.2) is 5.78 Å². The molecule has 0 unspecified atom stereocenters. The fraction of sp³-hybridized carbons (Fsp3) is 0.154. The summed E-state index contributed by atoms with van der Waals surface area (Å²) in [6.07, 6.45) is 0.570. The van der Waals surface area contributed by atoms with E-state index in [1.54, 1.807) is 11.3 Å². The van der Waals surface area contributed by atoms with Crippen LogP contribution in [0, 0.1) is 0 Å². The van der Waals surface area contributed by atoms with E-state index in [1.165, 1.54) is 0 Å². The van der Waals surface area contributed by atoms with E-state index in [1.807, 2.05) is 31.2 Å². The zero-order valence-electron chi connectivity index (χ0n) is 8.87. The van der Waals surface area contributed by atoms with Gasteiger partial charge in [0.05, 0.1) is 4.88 Å². The van der Waals surface area contributed by atoms with Crippen molar-refractivity contribution in [1.82, 2.24) is 0 Å². The normalized spacial score (nSPS) is 10.4. The van der Waals surface area contributed by atoms with Crippen LogP contribution in [0.4, 0.5) is 0 Å². The first-order valence-electron chi connectivity index (χ1n) is 5.09. The Balaban J connectivity index is 2.31. The Morgan fingerprint density at radius 3 is 2.50 bits per heavy atom. The third-order valence-corrected chi connectivity index (χ3v) is 4.03. The van der Waals surface area contributed by atoms with Crippen LogP contribution in [0.5, 0.6) is 0 Å². The Morgan fingerprint density at radius 2 is 1.88 bits per heavy atom. The van der Waals surface area contributed by atoms with Crippen molar-refractivity contribution in [3.63, 3.8) is 0 Å². The molecule has 16 heavy (non-hydrogen) atoms. The topological polar surface area (TPSA) is 17.1 Å². The van der Waals surface area contributed by atoms with Crippen LogP contribution in [0.1, 0.15) is 23.0 Å². The number of carbonyl (C=O) groups excluding carboxylic acids is 1. The second-order valence-corrected chi connectivity index (χ2v) is 5.45. The maximum Gasteiger partial charge on any atom is 0.172 e. The van der Waals surface area contributed by atoms with E-state index in [4.69, 9.17) is 0 Å². The van der Waals surface area contributed by atoms with Crippen molar-refractivity contribution in [1.29, 1.82) is 0 Å². The molecular weight excluding hydrogens is 284 g/mol. The van der Waals surface area contributed by atoms with E-state index in [0.29, 0.717) is 6.42 Å². The Labute approximate surface area is 107 Å². The summed E-state index contributed by atoms with van der Waals surface area (Å²) in [7, 11) is 0. The molecular formula is C13H11BrOS.